The van der Waals surface area contributed by atoms with Crippen LogP contribution in [0.4, 0.5) is 5.95 Å². The molecule has 0 unspecified atom stereocenters. The molecule has 1 aliphatic carbocycles. The summed E-state index contributed by atoms with van der Waals surface area (Å²) in [5, 5.41) is 7.95. The van der Waals surface area contributed by atoms with Gasteiger partial charge in [0.1, 0.15) is 17.6 Å². The predicted molar refractivity (Wildman–Crippen MR) is 107 cm³/mol. The zero-order valence-electron chi connectivity index (χ0n) is 15.7. The highest BCUT2D eigenvalue weighted by molar-refractivity contribution is 7.98. The first-order valence-electron chi connectivity index (χ1n) is 9.28. The Morgan fingerprint density at radius 2 is 2.04 bits per heavy atom. The molecule has 2 aromatic heterocycles. The maximum Gasteiger partial charge on any atom is 0.226 e. The van der Waals surface area contributed by atoms with Gasteiger partial charge in [0.2, 0.25) is 5.95 Å². The van der Waals surface area contributed by atoms with E-state index in [0.717, 1.165) is 29.0 Å². The number of thioether (sulfide) groups is 1. The van der Waals surface area contributed by atoms with Gasteiger partial charge < -0.3 is 9.73 Å². The van der Waals surface area contributed by atoms with Crippen LogP contribution >= 0.6 is 11.8 Å². The molecule has 0 radical (unpaired) electrons. The Kier molecular flexibility index (Phi) is 4.12. The van der Waals surface area contributed by atoms with Gasteiger partial charge >= 0.3 is 0 Å². The minimum absolute atomic E-state index is 0.0452. The van der Waals surface area contributed by atoms with Crippen LogP contribution in [-0.4, -0.2) is 26.8 Å². The third-order valence-electron chi connectivity index (χ3n) is 5.40. The Balaban J connectivity index is 1.61. The molecule has 0 spiro atoms. The third-order valence-corrected chi connectivity index (χ3v) is 6.15. The van der Waals surface area contributed by atoms with Crippen molar-refractivity contribution in [3.05, 3.63) is 71.1 Å². The molecule has 0 fully saturated rings. The van der Waals surface area contributed by atoms with Gasteiger partial charge in [-0.3, -0.25) is 4.79 Å². The number of anilines is 1. The second kappa shape index (κ2) is 6.67. The second-order valence-electron chi connectivity index (χ2n) is 7.16. The molecule has 142 valence electrons. The monoisotopic (exact) mass is 392 g/mol. The molecule has 2 atom stereocenters. The molecule has 1 aromatic carbocycles. The fourth-order valence-electron chi connectivity index (χ4n) is 4.14. The molecule has 1 N–H and O–H groups in total. The van der Waals surface area contributed by atoms with Crippen LogP contribution < -0.4 is 5.32 Å². The van der Waals surface area contributed by atoms with E-state index in [2.05, 4.69) is 45.9 Å². The maximum atomic E-state index is 13.3. The first-order valence-corrected chi connectivity index (χ1v) is 10.5. The van der Waals surface area contributed by atoms with Crippen LogP contribution in [0.5, 0.6) is 0 Å². The van der Waals surface area contributed by atoms with Crippen LogP contribution in [0.25, 0.3) is 0 Å². The first-order chi connectivity index (χ1) is 13.6. The van der Waals surface area contributed by atoms with Crippen molar-refractivity contribution in [2.24, 2.45) is 0 Å². The zero-order valence-corrected chi connectivity index (χ0v) is 16.5. The summed E-state index contributed by atoms with van der Waals surface area (Å²) in [4.78, 5) is 19.0. The average Bonchev–Trinajstić information content (AvgIpc) is 3.35. The van der Waals surface area contributed by atoms with Crippen molar-refractivity contribution in [2.45, 2.75) is 36.6 Å². The minimum Gasteiger partial charge on any atom is -0.469 e. The number of allylic oxidation sites excluding steroid dienone is 2. The van der Waals surface area contributed by atoms with Gasteiger partial charge in [-0.1, -0.05) is 12.1 Å². The third kappa shape index (κ3) is 2.77. The number of benzene rings is 1. The number of hydrogen-bond donors (Lipinski definition) is 1. The molecule has 6 nitrogen and oxygen atoms in total. The number of hydrogen-bond acceptors (Lipinski definition) is 6. The van der Waals surface area contributed by atoms with Crippen LogP contribution in [0.15, 0.2) is 63.2 Å². The van der Waals surface area contributed by atoms with Crippen molar-refractivity contribution >= 4 is 23.5 Å². The van der Waals surface area contributed by atoms with E-state index in [1.165, 1.54) is 4.90 Å². The van der Waals surface area contributed by atoms with Crippen molar-refractivity contribution in [1.82, 2.24) is 14.8 Å². The quantitative estimate of drug-likeness (QED) is 0.670. The van der Waals surface area contributed by atoms with Crippen LogP contribution in [0.2, 0.25) is 0 Å². The molecule has 1 aliphatic heterocycles. The molecule has 0 saturated carbocycles. The van der Waals surface area contributed by atoms with E-state index >= 15 is 0 Å². The van der Waals surface area contributed by atoms with Crippen molar-refractivity contribution in [2.75, 3.05) is 11.6 Å². The van der Waals surface area contributed by atoms with Gasteiger partial charge in [0, 0.05) is 28.5 Å². The Morgan fingerprint density at radius 1 is 1.21 bits per heavy atom. The molecule has 7 heteroatoms. The molecular formula is C21H20N4O2S. The van der Waals surface area contributed by atoms with E-state index in [1.54, 1.807) is 18.0 Å². The lowest BCUT2D eigenvalue weighted by molar-refractivity contribution is -0.117. The fraction of sp³-hybridized carbons (Fsp3) is 0.286. The molecule has 2 aliphatic rings. The number of fused-ring (bicyclic) bond motifs is 1. The van der Waals surface area contributed by atoms with Crippen molar-refractivity contribution in [1.29, 1.82) is 0 Å². The van der Waals surface area contributed by atoms with E-state index in [0.29, 0.717) is 18.2 Å². The number of furan rings is 1. The van der Waals surface area contributed by atoms with Crippen LogP contribution in [-0.2, 0) is 4.79 Å². The van der Waals surface area contributed by atoms with Crippen molar-refractivity contribution < 1.29 is 9.21 Å². The molecular weight excluding hydrogens is 372 g/mol. The Labute approximate surface area is 167 Å². The van der Waals surface area contributed by atoms with Gasteiger partial charge in [-0.05, 0) is 49.4 Å². The topological polar surface area (TPSA) is 73.0 Å². The number of ketones is 1. The summed E-state index contributed by atoms with van der Waals surface area (Å²) in [6.07, 6.45) is 4.88. The van der Waals surface area contributed by atoms with Gasteiger partial charge in [-0.15, -0.1) is 11.8 Å². The van der Waals surface area contributed by atoms with E-state index in [4.69, 9.17) is 4.42 Å². The van der Waals surface area contributed by atoms with Gasteiger partial charge in [0.25, 0.3) is 0 Å². The summed E-state index contributed by atoms with van der Waals surface area (Å²) in [5.41, 5.74) is 2.76. The highest BCUT2D eigenvalue weighted by Crippen LogP contribution is 2.44. The van der Waals surface area contributed by atoms with E-state index < -0.39 is 0 Å². The largest absolute Gasteiger partial charge is 0.469 e. The minimum atomic E-state index is -0.256. The number of aryl methyl sites for hydroxylation is 1. The van der Waals surface area contributed by atoms with E-state index in [9.17, 15) is 4.79 Å². The Hall–Kier alpha value is -2.80. The summed E-state index contributed by atoms with van der Waals surface area (Å²) in [6, 6.07) is 11.9. The number of carbonyl (C=O) groups is 1. The van der Waals surface area contributed by atoms with E-state index in [1.807, 2.05) is 23.7 Å². The Morgan fingerprint density at radius 3 is 2.75 bits per heavy atom. The fourth-order valence-corrected chi connectivity index (χ4v) is 4.55. The van der Waals surface area contributed by atoms with Crippen molar-refractivity contribution in [3.63, 3.8) is 0 Å². The number of nitrogens with one attached hydrogen (secondary N) is 1. The van der Waals surface area contributed by atoms with Gasteiger partial charge in [0.15, 0.2) is 5.78 Å². The van der Waals surface area contributed by atoms with Gasteiger partial charge in [0.05, 0.1) is 6.26 Å². The number of carbonyl (C=O) groups excluding carboxylic acids is 1. The maximum absolute atomic E-state index is 13.3. The number of rotatable bonds is 3. The number of nitrogens with zero attached hydrogens (tertiary/aromatic N) is 3. The number of aromatic nitrogens is 3. The summed E-state index contributed by atoms with van der Waals surface area (Å²) < 4.78 is 7.41. The Bertz CT molecular complexity index is 1070. The molecule has 3 heterocycles. The van der Waals surface area contributed by atoms with Crippen LogP contribution in [0, 0.1) is 6.92 Å². The molecule has 5 rings (SSSR count). The lowest BCUT2D eigenvalue weighted by Gasteiger charge is -2.34. The lowest BCUT2D eigenvalue weighted by atomic mass is 9.79. The average molecular weight is 392 g/mol. The summed E-state index contributed by atoms with van der Waals surface area (Å²) in [6.45, 7) is 1.87. The molecule has 0 saturated heterocycles. The normalized spacial score (nSPS) is 21.3. The molecule has 3 aromatic rings. The van der Waals surface area contributed by atoms with Crippen LogP contribution in [0.3, 0.4) is 0 Å². The predicted octanol–water partition coefficient (Wildman–Crippen LogP) is 4.32. The summed E-state index contributed by atoms with van der Waals surface area (Å²) in [7, 11) is 0. The highest BCUT2D eigenvalue weighted by atomic mass is 32.2. The van der Waals surface area contributed by atoms with Gasteiger partial charge in [-0.2, -0.15) is 10.1 Å². The van der Waals surface area contributed by atoms with Crippen LogP contribution in [0.1, 0.15) is 41.9 Å². The lowest BCUT2D eigenvalue weighted by Crippen LogP contribution is -2.33. The smallest absolute Gasteiger partial charge is 0.226 e. The number of Topliss-reactive ketones (excluding diaryl/α,β-unsaturated/α-hetero) is 1. The molecule has 0 bridgehead atoms. The van der Waals surface area contributed by atoms with E-state index in [-0.39, 0.29) is 17.7 Å². The van der Waals surface area contributed by atoms with Crippen molar-refractivity contribution in [3.8, 4) is 0 Å². The zero-order chi connectivity index (χ0) is 19.3. The SMILES string of the molecule is CSc1ccc([C@H]2C3=C(C[C@@H](c4ccco4)CC3=O)Nc3nc(C)nn32)cc1. The standard InChI is InChI=1S/C21H20N4O2S/c1-12-22-21-23-16-10-14(18-4-3-9-27-18)11-17(26)19(16)20(25(21)24-12)13-5-7-15(28-2)8-6-13/h3-9,14,20H,10-11H2,1-2H3,(H,22,23,24)/t14-,20+/m1/s1. The molecule has 28 heavy (non-hydrogen) atoms. The molecule has 0 amide bonds. The summed E-state index contributed by atoms with van der Waals surface area (Å²) in [5.74, 6) is 2.40. The second-order valence-corrected chi connectivity index (χ2v) is 8.04. The first kappa shape index (κ1) is 17.3. The summed E-state index contributed by atoms with van der Waals surface area (Å²) >= 11 is 1.70. The highest BCUT2D eigenvalue weighted by Gasteiger charge is 2.40. The van der Waals surface area contributed by atoms with Gasteiger partial charge in [-0.25, -0.2) is 4.68 Å².